The lowest BCUT2D eigenvalue weighted by molar-refractivity contribution is -0.154. The van der Waals surface area contributed by atoms with Crippen LogP contribution in [0.3, 0.4) is 0 Å². The summed E-state index contributed by atoms with van der Waals surface area (Å²) in [6, 6.07) is 0. The maximum atomic E-state index is 11.8. The summed E-state index contributed by atoms with van der Waals surface area (Å²) in [5.41, 5.74) is 1.15. The second kappa shape index (κ2) is 3.74. The number of carbonyl (C=O) groups is 1. The molecule has 4 aliphatic carbocycles. The van der Waals surface area contributed by atoms with E-state index in [1.807, 2.05) is 0 Å². The SMILES string of the molecule is CC12CC3CC(C)(C1)CC(CC(=O)N=C=S)(C3)C2. The molecule has 0 heterocycles. The lowest BCUT2D eigenvalue weighted by atomic mass is 9.40. The molecule has 0 radical (unpaired) electrons. The molecule has 4 fully saturated rings. The number of hydrogen-bond donors (Lipinski definition) is 0. The average Bonchev–Trinajstić information content (AvgIpc) is 2.09. The molecule has 0 N–H and O–H groups in total. The summed E-state index contributed by atoms with van der Waals surface area (Å²) in [5, 5.41) is 2.23. The zero-order valence-electron chi connectivity index (χ0n) is 11.3. The summed E-state index contributed by atoms with van der Waals surface area (Å²) in [4.78, 5) is 15.5. The Morgan fingerprint density at radius 2 is 1.83 bits per heavy atom. The topological polar surface area (TPSA) is 29.4 Å². The van der Waals surface area contributed by atoms with Crippen molar-refractivity contribution in [1.29, 1.82) is 0 Å². The van der Waals surface area contributed by atoms with Gasteiger partial charge in [0.15, 0.2) is 0 Å². The van der Waals surface area contributed by atoms with E-state index in [1.165, 1.54) is 38.5 Å². The van der Waals surface area contributed by atoms with Crippen molar-refractivity contribution < 1.29 is 4.79 Å². The Bertz CT molecular complexity index is 433. The molecule has 4 rings (SSSR count). The van der Waals surface area contributed by atoms with E-state index in [4.69, 9.17) is 0 Å². The Kier molecular flexibility index (Phi) is 2.60. The van der Waals surface area contributed by atoms with Crippen LogP contribution in [0.4, 0.5) is 0 Å². The van der Waals surface area contributed by atoms with Crippen LogP contribution in [0.25, 0.3) is 0 Å². The molecule has 4 saturated carbocycles. The number of hydrogen-bond acceptors (Lipinski definition) is 2. The second-order valence-electron chi connectivity index (χ2n) is 7.90. The molecule has 2 unspecified atom stereocenters. The Hall–Kier alpha value is -0.530. The van der Waals surface area contributed by atoms with Gasteiger partial charge in [-0.2, -0.15) is 4.99 Å². The van der Waals surface area contributed by atoms with Gasteiger partial charge in [0.1, 0.15) is 0 Å². The third kappa shape index (κ3) is 1.98. The van der Waals surface area contributed by atoms with Crippen molar-refractivity contribution >= 4 is 23.3 Å². The van der Waals surface area contributed by atoms with Gasteiger partial charge in [-0.15, -0.1) is 0 Å². The van der Waals surface area contributed by atoms with Crippen molar-refractivity contribution in [1.82, 2.24) is 0 Å². The molecule has 0 aromatic carbocycles. The predicted octanol–water partition coefficient (Wildman–Crippen LogP) is 4.00. The molecule has 4 aliphatic rings. The monoisotopic (exact) mass is 263 g/mol. The lowest BCUT2D eigenvalue weighted by Crippen LogP contribution is -2.55. The highest BCUT2D eigenvalue weighted by atomic mass is 32.1. The number of isothiocyanates is 1. The average molecular weight is 263 g/mol. The van der Waals surface area contributed by atoms with Gasteiger partial charge in [0.25, 0.3) is 5.91 Å². The molecule has 0 aliphatic heterocycles. The number of thiocarbonyl (C=S) groups is 1. The highest BCUT2D eigenvalue weighted by Crippen LogP contribution is 2.70. The number of aliphatic imine (C=N–C) groups is 1. The van der Waals surface area contributed by atoms with Crippen LogP contribution in [0.2, 0.25) is 0 Å². The molecule has 1 amide bonds. The van der Waals surface area contributed by atoms with Crippen LogP contribution in [0, 0.1) is 22.2 Å². The van der Waals surface area contributed by atoms with Gasteiger partial charge in [-0.05, 0) is 72.9 Å². The molecule has 0 aromatic heterocycles. The Labute approximate surface area is 114 Å². The van der Waals surface area contributed by atoms with Gasteiger partial charge in [-0.25, -0.2) is 0 Å². The molecule has 98 valence electrons. The predicted molar refractivity (Wildman–Crippen MR) is 74.5 cm³/mol. The van der Waals surface area contributed by atoms with Gasteiger partial charge in [0, 0.05) is 6.42 Å². The first-order chi connectivity index (χ1) is 8.36. The highest BCUT2D eigenvalue weighted by molar-refractivity contribution is 7.78. The summed E-state index contributed by atoms with van der Waals surface area (Å²) < 4.78 is 0. The summed E-state index contributed by atoms with van der Waals surface area (Å²) in [6.07, 6.45) is 8.34. The fourth-order valence-electron chi connectivity index (χ4n) is 6.29. The van der Waals surface area contributed by atoms with Crippen LogP contribution in [0.15, 0.2) is 4.99 Å². The molecule has 2 nitrogen and oxygen atoms in total. The van der Waals surface area contributed by atoms with Crippen molar-refractivity contribution in [3.05, 3.63) is 0 Å². The summed E-state index contributed by atoms with van der Waals surface area (Å²) in [7, 11) is 0. The molecule has 3 heteroatoms. The van der Waals surface area contributed by atoms with E-state index in [9.17, 15) is 4.79 Å². The zero-order valence-corrected chi connectivity index (χ0v) is 12.1. The van der Waals surface area contributed by atoms with E-state index < -0.39 is 0 Å². The van der Waals surface area contributed by atoms with E-state index in [0.29, 0.717) is 17.3 Å². The first kappa shape index (κ1) is 12.5. The molecule has 18 heavy (non-hydrogen) atoms. The molecule has 4 bridgehead atoms. The van der Waals surface area contributed by atoms with Gasteiger partial charge in [-0.3, -0.25) is 4.79 Å². The van der Waals surface area contributed by atoms with Crippen molar-refractivity contribution in [3.63, 3.8) is 0 Å². The number of nitrogens with zero attached hydrogens (tertiary/aromatic N) is 1. The Balaban J connectivity index is 1.89. The molecular weight excluding hydrogens is 242 g/mol. The smallest absolute Gasteiger partial charge is 0.255 e. The van der Waals surface area contributed by atoms with Gasteiger partial charge in [0.05, 0.1) is 5.16 Å². The summed E-state index contributed by atoms with van der Waals surface area (Å²) in [6.45, 7) is 4.86. The summed E-state index contributed by atoms with van der Waals surface area (Å²) in [5.74, 6) is 0.777. The van der Waals surface area contributed by atoms with E-state index in [-0.39, 0.29) is 11.3 Å². The van der Waals surface area contributed by atoms with Crippen LogP contribution in [0.1, 0.15) is 58.8 Å². The summed E-state index contributed by atoms with van der Waals surface area (Å²) >= 11 is 4.54. The van der Waals surface area contributed by atoms with Crippen LogP contribution >= 0.6 is 12.2 Å². The van der Waals surface area contributed by atoms with E-state index in [0.717, 1.165) is 5.92 Å². The van der Waals surface area contributed by atoms with Crippen molar-refractivity contribution in [3.8, 4) is 0 Å². The Morgan fingerprint density at radius 3 is 2.33 bits per heavy atom. The molecule has 0 aromatic rings. The third-order valence-corrected chi connectivity index (χ3v) is 5.53. The van der Waals surface area contributed by atoms with Gasteiger partial charge in [-0.1, -0.05) is 13.8 Å². The Morgan fingerprint density at radius 1 is 1.22 bits per heavy atom. The third-order valence-electron chi connectivity index (χ3n) is 5.44. The van der Waals surface area contributed by atoms with Crippen LogP contribution in [-0.2, 0) is 4.79 Å². The minimum atomic E-state index is -0.0563. The first-order valence-corrected chi connectivity index (χ1v) is 7.38. The number of amides is 1. The molecule has 2 atom stereocenters. The highest BCUT2D eigenvalue weighted by Gasteiger charge is 2.60. The van der Waals surface area contributed by atoms with E-state index in [1.54, 1.807) is 0 Å². The zero-order chi connectivity index (χ0) is 13.0. The lowest BCUT2D eigenvalue weighted by Gasteiger charge is -2.65. The van der Waals surface area contributed by atoms with Crippen molar-refractivity contribution in [2.75, 3.05) is 0 Å². The van der Waals surface area contributed by atoms with Crippen LogP contribution in [-0.4, -0.2) is 11.1 Å². The first-order valence-electron chi connectivity index (χ1n) is 6.97. The van der Waals surface area contributed by atoms with E-state index in [2.05, 4.69) is 36.2 Å². The van der Waals surface area contributed by atoms with Crippen LogP contribution < -0.4 is 0 Å². The second-order valence-corrected chi connectivity index (χ2v) is 8.09. The fraction of sp³-hybridized carbons (Fsp3) is 0.867. The normalized spacial score (nSPS) is 48.9. The van der Waals surface area contributed by atoms with Crippen molar-refractivity contribution in [2.45, 2.75) is 58.8 Å². The van der Waals surface area contributed by atoms with E-state index >= 15 is 0 Å². The molecule has 0 spiro atoms. The van der Waals surface area contributed by atoms with Gasteiger partial charge in [0.2, 0.25) is 0 Å². The maximum Gasteiger partial charge on any atom is 0.255 e. The fourth-order valence-corrected chi connectivity index (χ4v) is 6.39. The standard InChI is InChI=1S/C15H21NOS/c1-13-3-11-4-14(2,7-13)9-15(5-11,8-13)6-12(17)16-10-18/h11H,3-9H2,1-2H3. The van der Waals surface area contributed by atoms with Gasteiger partial charge < -0.3 is 0 Å². The minimum absolute atomic E-state index is 0.0563. The molecular formula is C15H21NOS. The quantitative estimate of drug-likeness (QED) is 0.556. The van der Waals surface area contributed by atoms with Crippen molar-refractivity contribution in [2.24, 2.45) is 27.2 Å². The van der Waals surface area contributed by atoms with Gasteiger partial charge >= 0.3 is 0 Å². The largest absolute Gasteiger partial charge is 0.272 e. The molecule has 0 saturated heterocycles. The van der Waals surface area contributed by atoms with Crippen LogP contribution in [0.5, 0.6) is 0 Å². The number of carbonyl (C=O) groups excluding carboxylic acids is 1. The number of rotatable bonds is 2. The minimum Gasteiger partial charge on any atom is -0.272 e. The maximum absolute atomic E-state index is 11.8.